The Morgan fingerprint density at radius 1 is 0.977 bits per heavy atom. The first-order chi connectivity index (χ1) is 21.3. The van der Waals surface area contributed by atoms with E-state index in [1.165, 1.54) is 35.0 Å². The summed E-state index contributed by atoms with van der Waals surface area (Å²) in [6.07, 6.45) is 0.460. The molecule has 2 amide bonds. The SMILES string of the molecule is COc1ccc(C2=NN(C(=O)CSc3nnc(CNC(=O)c4ccccc4F)n3C)[C@H](c3cccc(OC)c3OC)C2)cc1. The highest BCUT2D eigenvalue weighted by molar-refractivity contribution is 7.99. The van der Waals surface area contributed by atoms with Crippen LogP contribution in [0.4, 0.5) is 4.39 Å². The van der Waals surface area contributed by atoms with Crippen LogP contribution in [0, 0.1) is 5.82 Å². The molecule has 0 aliphatic carbocycles. The first-order valence-corrected chi connectivity index (χ1v) is 14.6. The van der Waals surface area contributed by atoms with Gasteiger partial charge in [-0.15, -0.1) is 10.2 Å². The van der Waals surface area contributed by atoms with E-state index in [1.807, 2.05) is 36.4 Å². The van der Waals surface area contributed by atoms with Gasteiger partial charge in [0.25, 0.3) is 11.8 Å². The Morgan fingerprint density at radius 2 is 1.75 bits per heavy atom. The molecule has 11 nitrogen and oxygen atoms in total. The fraction of sp³-hybridized carbons (Fsp3) is 0.258. The van der Waals surface area contributed by atoms with Crippen molar-refractivity contribution in [3.8, 4) is 17.2 Å². The summed E-state index contributed by atoms with van der Waals surface area (Å²) in [5.74, 6) is 0.866. The maximum Gasteiger partial charge on any atom is 0.254 e. The maximum absolute atomic E-state index is 14.0. The molecule has 1 atom stereocenters. The summed E-state index contributed by atoms with van der Waals surface area (Å²) in [6.45, 7) is 0.0323. The van der Waals surface area contributed by atoms with Gasteiger partial charge in [0.05, 0.1) is 50.9 Å². The van der Waals surface area contributed by atoms with E-state index >= 15 is 0 Å². The van der Waals surface area contributed by atoms with Crippen molar-refractivity contribution < 1.29 is 28.2 Å². The highest BCUT2D eigenvalue weighted by atomic mass is 32.2. The van der Waals surface area contributed by atoms with Crippen molar-refractivity contribution in [1.82, 2.24) is 25.1 Å². The molecule has 5 rings (SSSR count). The number of rotatable bonds is 11. The Bertz CT molecular complexity index is 1690. The number of benzene rings is 3. The lowest BCUT2D eigenvalue weighted by Crippen LogP contribution is -2.29. The van der Waals surface area contributed by atoms with Crippen LogP contribution in [-0.4, -0.2) is 64.4 Å². The zero-order chi connectivity index (χ0) is 31.2. The van der Waals surface area contributed by atoms with Gasteiger partial charge in [0, 0.05) is 19.0 Å². The van der Waals surface area contributed by atoms with Crippen molar-refractivity contribution in [3.05, 3.63) is 95.1 Å². The number of hydrazone groups is 1. The van der Waals surface area contributed by atoms with E-state index in [0.717, 1.165) is 22.6 Å². The van der Waals surface area contributed by atoms with Gasteiger partial charge < -0.3 is 24.1 Å². The lowest BCUT2D eigenvalue weighted by atomic mass is 9.97. The van der Waals surface area contributed by atoms with Crippen LogP contribution in [0.5, 0.6) is 17.2 Å². The third-order valence-corrected chi connectivity index (χ3v) is 8.16. The summed E-state index contributed by atoms with van der Waals surface area (Å²) >= 11 is 1.20. The summed E-state index contributed by atoms with van der Waals surface area (Å²) in [6, 6.07) is 18.4. The van der Waals surface area contributed by atoms with E-state index in [9.17, 15) is 14.0 Å². The molecule has 13 heteroatoms. The summed E-state index contributed by atoms with van der Waals surface area (Å²) in [4.78, 5) is 26.1. The van der Waals surface area contributed by atoms with E-state index in [0.29, 0.717) is 28.9 Å². The van der Waals surface area contributed by atoms with Crippen molar-refractivity contribution in [2.45, 2.75) is 24.2 Å². The van der Waals surface area contributed by atoms with E-state index in [2.05, 4.69) is 15.5 Å². The van der Waals surface area contributed by atoms with Crippen molar-refractivity contribution in [3.63, 3.8) is 0 Å². The monoisotopic (exact) mass is 618 g/mol. The van der Waals surface area contributed by atoms with Crippen LogP contribution in [0.15, 0.2) is 77.0 Å². The van der Waals surface area contributed by atoms with E-state index in [4.69, 9.17) is 19.3 Å². The summed E-state index contributed by atoms with van der Waals surface area (Å²) < 4.78 is 32.1. The third kappa shape index (κ3) is 6.37. The van der Waals surface area contributed by atoms with E-state index in [1.54, 1.807) is 45.1 Å². The van der Waals surface area contributed by atoms with Crippen molar-refractivity contribution in [2.24, 2.45) is 12.1 Å². The molecule has 44 heavy (non-hydrogen) atoms. The van der Waals surface area contributed by atoms with Gasteiger partial charge in [0.1, 0.15) is 11.6 Å². The van der Waals surface area contributed by atoms with Crippen molar-refractivity contribution in [2.75, 3.05) is 27.1 Å². The molecule has 0 bridgehead atoms. The number of amides is 2. The molecule has 0 fully saturated rings. The number of hydrogen-bond donors (Lipinski definition) is 1. The first kappa shape index (κ1) is 30.5. The van der Waals surface area contributed by atoms with Crippen molar-refractivity contribution in [1.29, 1.82) is 0 Å². The number of ether oxygens (including phenoxy) is 3. The number of aromatic nitrogens is 3. The number of carbonyl (C=O) groups is 2. The molecule has 4 aromatic rings. The molecule has 0 saturated carbocycles. The molecular weight excluding hydrogens is 587 g/mol. The van der Waals surface area contributed by atoms with Crippen LogP contribution < -0.4 is 19.5 Å². The van der Waals surface area contributed by atoms with E-state index in [-0.39, 0.29) is 23.8 Å². The lowest BCUT2D eigenvalue weighted by Gasteiger charge is -2.24. The Morgan fingerprint density at radius 3 is 2.45 bits per heavy atom. The Balaban J connectivity index is 1.33. The number of methoxy groups -OCH3 is 3. The van der Waals surface area contributed by atoms with Crippen LogP contribution >= 0.6 is 11.8 Å². The maximum atomic E-state index is 14.0. The molecule has 228 valence electrons. The summed E-state index contributed by atoms with van der Waals surface area (Å²) in [7, 11) is 6.47. The van der Waals surface area contributed by atoms with Crippen LogP contribution in [0.1, 0.15) is 39.8 Å². The van der Waals surface area contributed by atoms with Gasteiger partial charge in [-0.3, -0.25) is 9.59 Å². The second kappa shape index (κ2) is 13.6. The van der Waals surface area contributed by atoms with Gasteiger partial charge in [0.2, 0.25) is 0 Å². The smallest absolute Gasteiger partial charge is 0.254 e. The summed E-state index contributed by atoms with van der Waals surface area (Å²) in [5.41, 5.74) is 2.32. The zero-order valence-electron chi connectivity index (χ0n) is 24.6. The van der Waals surface area contributed by atoms with Crippen LogP contribution in [0.3, 0.4) is 0 Å². The Hall–Kier alpha value is -4.91. The highest BCUT2D eigenvalue weighted by Crippen LogP contribution is 2.42. The number of thioether (sulfide) groups is 1. The fourth-order valence-electron chi connectivity index (χ4n) is 4.83. The average Bonchev–Trinajstić information content (AvgIpc) is 3.66. The van der Waals surface area contributed by atoms with Gasteiger partial charge in [-0.1, -0.05) is 36.0 Å². The number of carbonyl (C=O) groups excluding carboxylic acids is 2. The van der Waals surface area contributed by atoms with Gasteiger partial charge >= 0.3 is 0 Å². The molecule has 3 aromatic carbocycles. The minimum absolute atomic E-state index is 0.0235. The van der Waals surface area contributed by atoms with Crippen LogP contribution in [0.25, 0.3) is 0 Å². The molecule has 1 aliphatic heterocycles. The zero-order valence-corrected chi connectivity index (χ0v) is 25.4. The standard InChI is InChI=1S/C31H31FN6O5S/c1-37-27(17-33-30(40)21-8-5-6-10-23(21)32)34-35-31(37)44-18-28(39)38-25(22-9-7-11-26(42-3)29(22)43-4)16-24(36-38)19-12-14-20(41-2)15-13-19/h5-15,25H,16-18H2,1-4H3,(H,33,40)/t25-/m0/s1. The summed E-state index contributed by atoms with van der Waals surface area (Å²) in [5, 5.41) is 17.7. The molecule has 1 aliphatic rings. The number of halogens is 1. The number of para-hydroxylation sites is 1. The predicted molar refractivity (Wildman–Crippen MR) is 163 cm³/mol. The normalized spacial score (nSPS) is 14.2. The molecule has 0 saturated heterocycles. The van der Waals surface area contributed by atoms with Gasteiger partial charge in [-0.2, -0.15) is 5.10 Å². The van der Waals surface area contributed by atoms with Crippen LogP contribution in [-0.2, 0) is 18.4 Å². The number of hydrogen-bond acceptors (Lipinski definition) is 9. The molecule has 0 spiro atoms. The third-order valence-electron chi connectivity index (χ3n) is 7.16. The van der Waals surface area contributed by atoms with Gasteiger partial charge in [-0.25, -0.2) is 9.40 Å². The topological polar surface area (TPSA) is 120 Å². The minimum Gasteiger partial charge on any atom is -0.497 e. The average molecular weight is 619 g/mol. The highest BCUT2D eigenvalue weighted by Gasteiger charge is 2.35. The predicted octanol–water partition coefficient (Wildman–Crippen LogP) is 4.38. The molecule has 2 heterocycles. The lowest BCUT2D eigenvalue weighted by molar-refractivity contribution is -0.130. The molecule has 1 aromatic heterocycles. The quantitative estimate of drug-likeness (QED) is 0.246. The molecule has 0 unspecified atom stereocenters. The number of nitrogens with zero attached hydrogens (tertiary/aromatic N) is 5. The minimum atomic E-state index is -0.609. The fourth-order valence-corrected chi connectivity index (χ4v) is 5.61. The van der Waals surface area contributed by atoms with Gasteiger partial charge in [0.15, 0.2) is 22.5 Å². The molecular formula is C31H31FN6O5S. The molecule has 0 radical (unpaired) electrons. The van der Waals surface area contributed by atoms with E-state index < -0.39 is 17.8 Å². The number of nitrogens with one attached hydrogen (secondary N) is 1. The Kier molecular flexibility index (Phi) is 9.44. The second-order valence-electron chi connectivity index (χ2n) is 9.73. The second-order valence-corrected chi connectivity index (χ2v) is 10.7. The Labute approximate surface area is 258 Å². The molecule has 1 N–H and O–H groups in total. The first-order valence-electron chi connectivity index (χ1n) is 13.6. The largest absolute Gasteiger partial charge is 0.497 e. The van der Waals surface area contributed by atoms with Crippen LogP contribution in [0.2, 0.25) is 0 Å². The van der Waals surface area contributed by atoms with Gasteiger partial charge in [-0.05, 0) is 48.0 Å². The van der Waals surface area contributed by atoms with Crippen molar-refractivity contribution >= 4 is 29.3 Å².